The summed E-state index contributed by atoms with van der Waals surface area (Å²) < 4.78 is 5.09. The smallest absolute Gasteiger partial charge is 0.132 e. The van der Waals surface area contributed by atoms with Gasteiger partial charge in [-0.2, -0.15) is 0 Å². The van der Waals surface area contributed by atoms with Gasteiger partial charge >= 0.3 is 0 Å². The topological polar surface area (TPSA) is 50.3 Å². The Bertz CT molecular complexity index is 438. The van der Waals surface area contributed by atoms with E-state index in [0.29, 0.717) is 6.04 Å². The van der Waals surface area contributed by atoms with E-state index in [4.69, 9.17) is 4.74 Å². The van der Waals surface area contributed by atoms with Gasteiger partial charge in [-0.05, 0) is 32.6 Å². The van der Waals surface area contributed by atoms with E-state index in [1.807, 2.05) is 6.92 Å². The monoisotopic (exact) mass is 292 g/mol. The number of aryl methyl sites for hydroxylation is 2. The molecule has 0 bridgehead atoms. The zero-order valence-corrected chi connectivity index (χ0v) is 13.6. The lowest BCUT2D eigenvalue weighted by Crippen LogP contribution is -2.46. The summed E-state index contributed by atoms with van der Waals surface area (Å²) in [6.45, 7) is 7.89. The molecule has 0 radical (unpaired) electrons. The third-order valence-electron chi connectivity index (χ3n) is 4.02. The Kier molecular flexibility index (Phi) is 6.39. The molecule has 0 aliphatic carbocycles. The molecular weight excluding hydrogens is 264 g/mol. The molecule has 0 amide bonds. The zero-order chi connectivity index (χ0) is 15.1. The molecule has 2 rings (SSSR count). The van der Waals surface area contributed by atoms with Crippen LogP contribution < -0.4 is 10.2 Å². The maximum atomic E-state index is 5.09. The van der Waals surface area contributed by atoms with Gasteiger partial charge in [-0.25, -0.2) is 9.97 Å². The molecule has 1 N–H and O–H groups in total. The van der Waals surface area contributed by atoms with Gasteiger partial charge in [-0.15, -0.1) is 0 Å². The lowest BCUT2D eigenvalue weighted by molar-refractivity contribution is 0.198. The Labute approximate surface area is 128 Å². The van der Waals surface area contributed by atoms with Crippen LogP contribution in [0.3, 0.4) is 0 Å². The van der Waals surface area contributed by atoms with Crippen molar-refractivity contribution in [3.05, 3.63) is 17.6 Å². The van der Waals surface area contributed by atoms with Crippen molar-refractivity contribution in [3.63, 3.8) is 0 Å². The minimum Gasteiger partial charge on any atom is -0.383 e. The van der Waals surface area contributed by atoms with E-state index in [-0.39, 0.29) is 0 Å². The summed E-state index contributed by atoms with van der Waals surface area (Å²) in [5.74, 6) is 1.97. The van der Waals surface area contributed by atoms with Gasteiger partial charge in [0, 0.05) is 44.5 Å². The fourth-order valence-corrected chi connectivity index (χ4v) is 2.90. The highest BCUT2D eigenvalue weighted by Gasteiger charge is 2.23. The summed E-state index contributed by atoms with van der Waals surface area (Å²) >= 11 is 0. The third kappa shape index (κ3) is 4.64. The molecule has 1 saturated heterocycles. The number of hydrogen-bond donors (Lipinski definition) is 1. The van der Waals surface area contributed by atoms with Crippen molar-refractivity contribution in [2.24, 2.45) is 0 Å². The molecule has 118 valence electrons. The molecule has 1 aromatic heterocycles. The molecule has 1 aliphatic rings. The van der Waals surface area contributed by atoms with Crippen LogP contribution in [0.25, 0.3) is 0 Å². The van der Waals surface area contributed by atoms with Crippen LogP contribution in [0.5, 0.6) is 0 Å². The predicted molar refractivity (Wildman–Crippen MR) is 85.9 cm³/mol. The van der Waals surface area contributed by atoms with Gasteiger partial charge in [0.1, 0.15) is 11.6 Å². The number of hydrogen-bond acceptors (Lipinski definition) is 5. The standard InChI is InChI=1S/C16H28N4O/c1-4-14-11-16(19-13(2)18-14)20-9-6-5-7-15(20)12-17-8-10-21-3/h11,15,17H,4-10,12H2,1-3H3. The lowest BCUT2D eigenvalue weighted by atomic mass is 10.0. The first-order valence-electron chi connectivity index (χ1n) is 8.05. The maximum Gasteiger partial charge on any atom is 0.132 e. The largest absolute Gasteiger partial charge is 0.383 e. The highest BCUT2D eigenvalue weighted by atomic mass is 16.5. The van der Waals surface area contributed by atoms with Gasteiger partial charge in [0.25, 0.3) is 0 Å². The molecule has 0 saturated carbocycles. The average molecular weight is 292 g/mol. The van der Waals surface area contributed by atoms with E-state index in [2.05, 4.69) is 33.2 Å². The maximum absolute atomic E-state index is 5.09. The minimum absolute atomic E-state index is 0.523. The van der Waals surface area contributed by atoms with Crippen LogP contribution in [-0.4, -0.2) is 49.4 Å². The van der Waals surface area contributed by atoms with Crippen LogP contribution in [-0.2, 0) is 11.2 Å². The van der Waals surface area contributed by atoms with E-state index in [0.717, 1.165) is 50.0 Å². The molecule has 1 aromatic rings. The van der Waals surface area contributed by atoms with Crippen molar-refractivity contribution in [1.29, 1.82) is 0 Å². The summed E-state index contributed by atoms with van der Waals surface area (Å²) in [4.78, 5) is 11.6. The van der Waals surface area contributed by atoms with Crippen LogP contribution in [0.4, 0.5) is 5.82 Å². The molecule has 5 heteroatoms. The second kappa shape index (κ2) is 8.29. The number of aromatic nitrogens is 2. The first kappa shape index (κ1) is 16.2. The Hall–Kier alpha value is -1.20. The van der Waals surface area contributed by atoms with Gasteiger partial charge in [0.15, 0.2) is 0 Å². The van der Waals surface area contributed by atoms with E-state index in [9.17, 15) is 0 Å². The second-order valence-electron chi connectivity index (χ2n) is 5.66. The molecule has 1 aliphatic heterocycles. The molecule has 21 heavy (non-hydrogen) atoms. The Balaban J connectivity index is 2.05. The molecular formula is C16H28N4O. The normalized spacial score (nSPS) is 19.0. The van der Waals surface area contributed by atoms with Gasteiger partial charge in [-0.1, -0.05) is 6.92 Å². The minimum atomic E-state index is 0.523. The summed E-state index contributed by atoms with van der Waals surface area (Å²) in [6, 6.07) is 2.68. The SMILES string of the molecule is CCc1cc(N2CCCCC2CNCCOC)nc(C)n1. The highest BCUT2D eigenvalue weighted by molar-refractivity contribution is 5.42. The number of ether oxygens (including phenoxy) is 1. The second-order valence-corrected chi connectivity index (χ2v) is 5.66. The lowest BCUT2D eigenvalue weighted by Gasteiger charge is -2.37. The molecule has 2 heterocycles. The summed E-state index contributed by atoms with van der Waals surface area (Å²) in [7, 11) is 1.74. The average Bonchev–Trinajstić information content (AvgIpc) is 2.51. The highest BCUT2D eigenvalue weighted by Crippen LogP contribution is 2.23. The number of piperidine rings is 1. The van der Waals surface area contributed by atoms with E-state index < -0.39 is 0 Å². The Morgan fingerprint density at radius 2 is 2.24 bits per heavy atom. The van der Waals surface area contributed by atoms with Gasteiger partial charge in [0.05, 0.1) is 6.61 Å². The molecule has 5 nitrogen and oxygen atoms in total. The van der Waals surface area contributed by atoms with E-state index in [1.165, 1.54) is 19.3 Å². The van der Waals surface area contributed by atoms with Gasteiger partial charge in [-0.3, -0.25) is 0 Å². The molecule has 1 atom stereocenters. The van der Waals surface area contributed by atoms with Crippen LogP contribution in [0.2, 0.25) is 0 Å². The first-order chi connectivity index (χ1) is 10.2. The quantitative estimate of drug-likeness (QED) is 0.778. The van der Waals surface area contributed by atoms with Crippen LogP contribution >= 0.6 is 0 Å². The number of anilines is 1. The van der Waals surface area contributed by atoms with Crippen molar-refractivity contribution < 1.29 is 4.74 Å². The van der Waals surface area contributed by atoms with Crippen molar-refractivity contribution in [2.75, 3.05) is 38.3 Å². The van der Waals surface area contributed by atoms with Crippen molar-refractivity contribution in [2.45, 2.75) is 45.6 Å². The summed E-state index contributed by atoms with van der Waals surface area (Å²) in [5, 5.41) is 3.49. The Morgan fingerprint density at radius 3 is 3.00 bits per heavy atom. The molecule has 0 aromatic carbocycles. The predicted octanol–water partition coefficient (Wildman–Crippen LogP) is 1.94. The molecule has 1 fully saturated rings. The molecule has 0 spiro atoms. The fraction of sp³-hybridized carbons (Fsp3) is 0.750. The van der Waals surface area contributed by atoms with Gasteiger partial charge in [0.2, 0.25) is 0 Å². The van der Waals surface area contributed by atoms with Crippen molar-refractivity contribution in [3.8, 4) is 0 Å². The first-order valence-corrected chi connectivity index (χ1v) is 8.05. The third-order valence-corrected chi connectivity index (χ3v) is 4.02. The van der Waals surface area contributed by atoms with Crippen LogP contribution in [0.15, 0.2) is 6.07 Å². The van der Waals surface area contributed by atoms with Crippen molar-refractivity contribution >= 4 is 5.82 Å². The molecule has 1 unspecified atom stereocenters. The number of nitrogens with zero attached hydrogens (tertiary/aromatic N) is 3. The number of nitrogens with one attached hydrogen (secondary N) is 1. The van der Waals surface area contributed by atoms with Crippen molar-refractivity contribution in [1.82, 2.24) is 15.3 Å². The Morgan fingerprint density at radius 1 is 1.38 bits per heavy atom. The number of rotatable bonds is 7. The number of methoxy groups -OCH3 is 1. The van der Waals surface area contributed by atoms with E-state index in [1.54, 1.807) is 7.11 Å². The summed E-state index contributed by atoms with van der Waals surface area (Å²) in [5.41, 5.74) is 1.13. The van der Waals surface area contributed by atoms with Crippen LogP contribution in [0.1, 0.15) is 37.7 Å². The van der Waals surface area contributed by atoms with E-state index >= 15 is 0 Å². The summed E-state index contributed by atoms with van der Waals surface area (Å²) in [6.07, 6.45) is 4.74. The van der Waals surface area contributed by atoms with Gasteiger partial charge < -0.3 is 15.0 Å². The fourth-order valence-electron chi connectivity index (χ4n) is 2.90. The van der Waals surface area contributed by atoms with Crippen LogP contribution in [0, 0.1) is 6.92 Å². The zero-order valence-electron chi connectivity index (χ0n) is 13.6.